The molecule has 2 aromatic heterocycles. The molecule has 0 fully saturated rings. The predicted octanol–water partition coefficient (Wildman–Crippen LogP) is 3.92. The number of nitrogens with zero attached hydrogens (tertiary/aromatic N) is 4. The number of carbonyl (C=O) groups excluding carboxylic acids is 1. The molecule has 146 valence electrons. The molecule has 29 heavy (non-hydrogen) atoms. The second-order valence-electron chi connectivity index (χ2n) is 6.59. The van der Waals surface area contributed by atoms with Gasteiger partial charge in [0.1, 0.15) is 5.75 Å². The summed E-state index contributed by atoms with van der Waals surface area (Å²) in [6.07, 6.45) is 0.750. The smallest absolute Gasteiger partial charge is 0.278 e. The molecule has 2 aromatic carbocycles. The molecule has 0 saturated heterocycles. The van der Waals surface area contributed by atoms with Crippen LogP contribution in [0.3, 0.4) is 0 Å². The molecule has 4 rings (SSSR count). The van der Waals surface area contributed by atoms with Crippen molar-refractivity contribution in [3.8, 4) is 16.9 Å². The number of benzene rings is 2. The van der Waals surface area contributed by atoms with E-state index in [-0.39, 0.29) is 11.6 Å². The van der Waals surface area contributed by atoms with E-state index in [0.717, 1.165) is 29.0 Å². The number of rotatable bonds is 5. The Morgan fingerprint density at radius 2 is 1.79 bits per heavy atom. The van der Waals surface area contributed by atoms with E-state index in [1.54, 1.807) is 35.9 Å². The maximum absolute atomic E-state index is 12.8. The SMILES string of the molecule is CCc1nn2c(C)c(C(=O)Nc3ccc(OC)cc3)nnc2c1-c1ccccc1. The van der Waals surface area contributed by atoms with Gasteiger partial charge >= 0.3 is 0 Å². The van der Waals surface area contributed by atoms with Gasteiger partial charge in [0, 0.05) is 5.69 Å². The van der Waals surface area contributed by atoms with E-state index in [1.165, 1.54) is 0 Å². The van der Waals surface area contributed by atoms with Crippen LogP contribution in [-0.2, 0) is 6.42 Å². The molecular weight excluding hydrogens is 366 g/mol. The van der Waals surface area contributed by atoms with Crippen LogP contribution in [0.4, 0.5) is 5.69 Å². The Hall–Kier alpha value is -3.74. The van der Waals surface area contributed by atoms with Gasteiger partial charge in [-0.3, -0.25) is 4.79 Å². The van der Waals surface area contributed by atoms with Crippen molar-refractivity contribution in [2.45, 2.75) is 20.3 Å². The normalized spacial score (nSPS) is 10.9. The molecule has 0 radical (unpaired) electrons. The Morgan fingerprint density at radius 1 is 1.07 bits per heavy atom. The molecule has 1 amide bonds. The highest BCUT2D eigenvalue weighted by Crippen LogP contribution is 2.28. The highest BCUT2D eigenvalue weighted by Gasteiger charge is 2.21. The minimum absolute atomic E-state index is 0.234. The zero-order valence-corrected chi connectivity index (χ0v) is 16.5. The number of aromatic nitrogens is 4. The van der Waals surface area contributed by atoms with Crippen molar-refractivity contribution in [1.29, 1.82) is 0 Å². The van der Waals surface area contributed by atoms with Crippen LogP contribution in [-0.4, -0.2) is 32.8 Å². The Balaban J connectivity index is 1.73. The molecule has 7 nitrogen and oxygen atoms in total. The molecule has 7 heteroatoms. The molecule has 0 unspecified atom stereocenters. The third-order valence-corrected chi connectivity index (χ3v) is 4.80. The fraction of sp³-hybridized carbons (Fsp3) is 0.182. The lowest BCUT2D eigenvalue weighted by molar-refractivity contribution is 0.102. The minimum Gasteiger partial charge on any atom is -0.497 e. The summed E-state index contributed by atoms with van der Waals surface area (Å²) < 4.78 is 6.85. The maximum atomic E-state index is 12.8. The molecule has 1 N–H and O–H groups in total. The monoisotopic (exact) mass is 387 g/mol. The number of hydrogen-bond acceptors (Lipinski definition) is 5. The molecular formula is C22H21N5O2. The standard InChI is InChI=1S/C22H21N5O2/c1-4-18-19(15-8-6-5-7-9-15)21-25-24-20(14(2)27(21)26-18)22(28)23-16-10-12-17(29-3)13-11-16/h5-13H,4H2,1-3H3,(H,23,28). The van der Waals surface area contributed by atoms with Gasteiger partial charge < -0.3 is 10.1 Å². The zero-order valence-electron chi connectivity index (χ0n) is 16.5. The number of anilines is 1. The van der Waals surface area contributed by atoms with Crippen molar-refractivity contribution >= 4 is 17.2 Å². The fourth-order valence-electron chi connectivity index (χ4n) is 3.27. The number of fused-ring (bicyclic) bond motifs is 1. The Bertz CT molecular complexity index is 1170. The number of carbonyl (C=O) groups is 1. The first kappa shape index (κ1) is 18.6. The second-order valence-corrected chi connectivity index (χ2v) is 6.59. The highest BCUT2D eigenvalue weighted by molar-refractivity contribution is 6.03. The van der Waals surface area contributed by atoms with Crippen molar-refractivity contribution in [2.24, 2.45) is 0 Å². The van der Waals surface area contributed by atoms with Gasteiger partial charge in [0.05, 0.1) is 24.1 Å². The average Bonchev–Trinajstić information content (AvgIpc) is 3.14. The van der Waals surface area contributed by atoms with Crippen LogP contribution in [0.2, 0.25) is 0 Å². The summed E-state index contributed by atoms with van der Waals surface area (Å²) in [6, 6.07) is 17.1. The summed E-state index contributed by atoms with van der Waals surface area (Å²) in [4.78, 5) is 12.8. The molecule has 0 atom stereocenters. The van der Waals surface area contributed by atoms with Crippen molar-refractivity contribution in [1.82, 2.24) is 19.8 Å². The van der Waals surface area contributed by atoms with E-state index >= 15 is 0 Å². The summed E-state index contributed by atoms with van der Waals surface area (Å²) >= 11 is 0. The van der Waals surface area contributed by atoms with Gasteiger partial charge in [0.25, 0.3) is 5.91 Å². The van der Waals surface area contributed by atoms with Crippen LogP contribution in [0.5, 0.6) is 5.75 Å². The lowest BCUT2D eigenvalue weighted by atomic mass is 10.0. The van der Waals surface area contributed by atoms with Crippen molar-refractivity contribution in [2.75, 3.05) is 12.4 Å². The quantitative estimate of drug-likeness (QED) is 0.561. The molecule has 0 aliphatic carbocycles. The number of methoxy groups -OCH3 is 1. The van der Waals surface area contributed by atoms with Crippen LogP contribution >= 0.6 is 0 Å². The van der Waals surface area contributed by atoms with Crippen LogP contribution < -0.4 is 10.1 Å². The van der Waals surface area contributed by atoms with Crippen LogP contribution in [0.25, 0.3) is 16.8 Å². The van der Waals surface area contributed by atoms with Crippen LogP contribution in [0.1, 0.15) is 28.8 Å². The van der Waals surface area contributed by atoms with Gasteiger partial charge in [-0.25, -0.2) is 4.52 Å². The van der Waals surface area contributed by atoms with E-state index in [9.17, 15) is 4.79 Å². The third kappa shape index (κ3) is 3.42. The Morgan fingerprint density at radius 3 is 2.45 bits per heavy atom. The molecule has 0 saturated carbocycles. The van der Waals surface area contributed by atoms with E-state index < -0.39 is 0 Å². The molecule has 4 aromatic rings. The molecule has 0 spiro atoms. The van der Waals surface area contributed by atoms with Crippen molar-refractivity contribution in [3.63, 3.8) is 0 Å². The summed E-state index contributed by atoms with van der Waals surface area (Å²) in [5.41, 5.74) is 5.06. The molecule has 0 aliphatic heterocycles. The number of hydrogen-bond donors (Lipinski definition) is 1. The van der Waals surface area contributed by atoms with Crippen molar-refractivity contribution in [3.05, 3.63) is 71.7 Å². The third-order valence-electron chi connectivity index (χ3n) is 4.80. The first-order valence-corrected chi connectivity index (χ1v) is 9.38. The number of nitrogens with one attached hydrogen (secondary N) is 1. The Kier molecular flexibility index (Phi) is 4.95. The second kappa shape index (κ2) is 7.71. The summed E-state index contributed by atoms with van der Waals surface area (Å²) in [5.74, 6) is 0.384. The first-order chi connectivity index (χ1) is 14.1. The molecule has 2 heterocycles. The van der Waals surface area contributed by atoms with E-state index in [0.29, 0.717) is 17.0 Å². The van der Waals surface area contributed by atoms with Gasteiger partial charge in [-0.05, 0) is 43.2 Å². The lowest BCUT2D eigenvalue weighted by Crippen LogP contribution is -2.18. The van der Waals surface area contributed by atoms with E-state index in [4.69, 9.17) is 9.84 Å². The number of amides is 1. The van der Waals surface area contributed by atoms with Gasteiger partial charge in [-0.2, -0.15) is 5.10 Å². The Labute approximate surface area is 168 Å². The van der Waals surface area contributed by atoms with E-state index in [1.807, 2.05) is 44.2 Å². The average molecular weight is 387 g/mol. The first-order valence-electron chi connectivity index (χ1n) is 9.38. The van der Waals surface area contributed by atoms with E-state index in [2.05, 4.69) is 15.5 Å². The largest absolute Gasteiger partial charge is 0.497 e. The van der Waals surface area contributed by atoms with Gasteiger partial charge in [0.15, 0.2) is 11.3 Å². The van der Waals surface area contributed by atoms with Crippen LogP contribution in [0.15, 0.2) is 54.6 Å². The minimum atomic E-state index is -0.336. The number of ether oxygens (including phenoxy) is 1. The highest BCUT2D eigenvalue weighted by atomic mass is 16.5. The maximum Gasteiger partial charge on any atom is 0.278 e. The zero-order chi connectivity index (χ0) is 20.4. The predicted molar refractivity (Wildman–Crippen MR) is 111 cm³/mol. The van der Waals surface area contributed by atoms with Gasteiger partial charge in [-0.1, -0.05) is 37.3 Å². The summed E-state index contributed by atoms with van der Waals surface area (Å²) in [5, 5.41) is 16.1. The molecule has 0 bridgehead atoms. The topological polar surface area (TPSA) is 81.4 Å². The van der Waals surface area contributed by atoms with Gasteiger partial charge in [0.2, 0.25) is 0 Å². The van der Waals surface area contributed by atoms with Crippen LogP contribution in [0, 0.1) is 6.92 Å². The number of aryl methyl sites for hydroxylation is 2. The van der Waals surface area contributed by atoms with Crippen molar-refractivity contribution < 1.29 is 9.53 Å². The lowest BCUT2D eigenvalue weighted by Gasteiger charge is -2.08. The molecule has 0 aliphatic rings. The van der Waals surface area contributed by atoms with Gasteiger partial charge in [-0.15, -0.1) is 10.2 Å². The summed E-state index contributed by atoms with van der Waals surface area (Å²) in [7, 11) is 1.60. The fourth-order valence-corrected chi connectivity index (χ4v) is 3.27. The summed E-state index contributed by atoms with van der Waals surface area (Å²) in [6.45, 7) is 3.88.